The zero-order chi connectivity index (χ0) is 12.3. The van der Waals surface area contributed by atoms with Gasteiger partial charge in [0.2, 0.25) is 0 Å². The van der Waals surface area contributed by atoms with Crippen LogP contribution in [0.5, 0.6) is 0 Å². The van der Waals surface area contributed by atoms with Crippen LogP contribution >= 0.6 is 31.9 Å². The van der Waals surface area contributed by atoms with Crippen LogP contribution in [0.25, 0.3) is 0 Å². The molecule has 1 aromatic rings. The van der Waals surface area contributed by atoms with Crippen LogP contribution < -0.4 is 10.6 Å². The monoisotopic (exact) mass is 361 g/mol. The molecular formula is C11H13Br2N3O. The van der Waals surface area contributed by atoms with Crippen molar-refractivity contribution in [3.63, 3.8) is 0 Å². The Hall–Kier alpha value is -0.750. The maximum absolute atomic E-state index is 11.3. The van der Waals surface area contributed by atoms with Crippen LogP contribution in [0.2, 0.25) is 0 Å². The Morgan fingerprint density at radius 3 is 2.94 bits per heavy atom. The van der Waals surface area contributed by atoms with E-state index in [-0.39, 0.29) is 6.03 Å². The summed E-state index contributed by atoms with van der Waals surface area (Å²) in [6.45, 7) is 2.99. The molecule has 1 aromatic carbocycles. The van der Waals surface area contributed by atoms with Gasteiger partial charge in [-0.25, -0.2) is 4.79 Å². The van der Waals surface area contributed by atoms with Gasteiger partial charge in [-0.3, -0.25) is 0 Å². The second-order valence-corrected chi connectivity index (χ2v) is 5.54. The average Bonchev–Trinajstić information content (AvgIpc) is 2.70. The molecule has 2 N–H and O–H groups in total. The molecule has 0 radical (unpaired) electrons. The normalized spacial score (nSPS) is 14.9. The summed E-state index contributed by atoms with van der Waals surface area (Å²) in [5.41, 5.74) is 1.03. The predicted octanol–water partition coefficient (Wildman–Crippen LogP) is 2.65. The Bertz CT molecular complexity index is 425. The maximum atomic E-state index is 11.3. The van der Waals surface area contributed by atoms with E-state index in [1.165, 1.54) is 0 Å². The maximum Gasteiger partial charge on any atom is 0.317 e. The van der Waals surface area contributed by atoms with E-state index in [0.29, 0.717) is 6.54 Å². The van der Waals surface area contributed by atoms with Crippen molar-refractivity contribution in [2.45, 2.75) is 0 Å². The van der Waals surface area contributed by atoms with E-state index in [9.17, 15) is 4.79 Å². The van der Waals surface area contributed by atoms with Gasteiger partial charge in [-0.05, 0) is 34.1 Å². The Balaban J connectivity index is 1.85. The van der Waals surface area contributed by atoms with E-state index in [4.69, 9.17) is 0 Å². The first-order chi connectivity index (χ1) is 8.16. The summed E-state index contributed by atoms with van der Waals surface area (Å²) in [7, 11) is 0. The minimum absolute atomic E-state index is 0.0279. The molecule has 0 unspecified atom stereocenters. The second kappa shape index (κ2) is 5.73. The number of nitrogens with zero attached hydrogens (tertiary/aromatic N) is 1. The molecule has 6 heteroatoms. The van der Waals surface area contributed by atoms with Gasteiger partial charge >= 0.3 is 6.03 Å². The Kier molecular flexibility index (Phi) is 4.28. The van der Waals surface area contributed by atoms with Crippen LogP contribution in [-0.4, -0.2) is 37.1 Å². The number of amides is 2. The number of nitrogens with one attached hydrogen (secondary N) is 2. The van der Waals surface area contributed by atoms with E-state index in [1.807, 2.05) is 18.2 Å². The predicted molar refractivity (Wildman–Crippen MR) is 75.3 cm³/mol. The lowest BCUT2D eigenvalue weighted by Crippen LogP contribution is -2.32. The number of urea groups is 1. The van der Waals surface area contributed by atoms with Crippen molar-refractivity contribution in [2.75, 3.05) is 31.5 Å². The number of hydrogen-bond donors (Lipinski definition) is 2. The fraction of sp³-hybridized carbons (Fsp3) is 0.364. The topological polar surface area (TPSA) is 44.4 Å². The van der Waals surface area contributed by atoms with Gasteiger partial charge in [0, 0.05) is 40.8 Å². The minimum Gasteiger partial charge on any atom is -0.382 e. The van der Waals surface area contributed by atoms with Crippen molar-refractivity contribution in [2.24, 2.45) is 0 Å². The van der Waals surface area contributed by atoms with E-state index < -0.39 is 0 Å². The summed E-state index contributed by atoms with van der Waals surface area (Å²) in [4.78, 5) is 13.1. The lowest BCUT2D eigenvalue weighted by Gasteiger charge is -2.15. The molecule has 1 aliphatic rings. The highest BCUT2D eigenvalue weighted by atomic mass is 79.9. The van der Waals surface area contributed by atoms with Crippen molar-refractivity contribution in [3.8, 4) is 0 Å². The van der Waals surface area contributed by atoms with Crippen LogP contribution in [0, 0.1) is 0 Å². The van der Waals surface area contributed by atoms with Crippen LogP contribution in [0.15, 0.2) is 27.1 Å². The van der Waals surface area contributed by atoms with E-state index in [2.05, 4.69) is 42.5 Å². The average molecular weight is 363 g/mol. The summed E-state index contributed by atoms with van der Waals surface area (Å²) in [6.07, 6.45) is 0. The first-order valence-electron chi connectivity index (χ1n) is 5.38. The van der Waals surface area contributed by atoms with Crippen molar-refractivity contribution in [1.29, 1.82) is 0 Å². The number of carbonyl (C=O) groups is 1. The van der Waals surface area contributed by atoms with Gasteiger partial charge in [0.1, 0.15) is 0 Å². The van der Waals surface area contributed by atoms with E-state index in [0.717, 1.165) is 34.3 Å². The zero-order valence-electron chi connectivity index (χ0n) is 9.17. The van der Waals surface area contributed by atoms with Gasteiger partial charge in [-0.2, -0.15) is 0 Å². The van der Waals surface area contributed by atoms with Gasteiger partial charge in [-0.1, -0.05) is 15.9 Å². The number of halogens is 2. The van der Waals surface area contributed by atoms with Crippen LogP contribution in [0.3, 0.4) is 0 Å². The van der Waals surface area contributed by atoms with E-state index >= 15 is 0 Å². The van der Waals surface area contributed by atoms with Crippen molar-refractivity contribution in [3.05, 3.63) is 27.1 Å². The lowest BCUT2D eigenvalue weighted by atomic mass is 10.3. The molecule has 92 valence electrons. The Morgan fingerprint density at radius 2 is 2.24 bits per heavy atom. The molecule has 2 amide bonds. The fourth-order valence-electron chi connectivity index (χ4n) is 1.68. The molecule has 0 bridgehead atoms. The molecule has 1 aliphatic heterocycles. The van der Waals surface area contributed by atoms with Crippen molar-refractivity contribution < 1.29 is 4.79 Å². The molecule has 0 atom stereocenters. The molecule has 2 rings (SSSR count). The quantitative estimate of drug-likeness (QED) is 0.864. The van der Waals surface area contributed by atoms with Gasteiger partial charge in [0.15, 0.2) is 0 Å². The largest absolute Gasteiger partial charge is 0.382 e. The molecule has 0 aliphatic carbocycles. The molecule has 4 nitrogen and oxygen atoms in total. The minimum atomic E-state index is 0.0279. The molecule has 1 heterocycles. The highest BCUT2D eigenvalue weighted by Gasteiger charge is 2.18. The second-order valence-electron chi connectivity index (χ2n) is 3.77. The first kappa shape index (κ1) is 12.7. The third kappa shape index (κ3) is 3.35. The number of hydrogen-bond acceptors (Lipinski definition) is 2. The number of carbonyl (C=O) groups excluding carboxylic acids is 1. The summed E-state index contributed by atoms with van der Waals surface area (Å²) < 4.78 is 2.05. The number of benzene rings is 1. The first-order valence-corrected chi connectivity index (χ1v) is 6.97. The molecule has 17 heavy (non-hydrogen) atoms. The van der Waals surface area contributed by atoms with Gasteiger partial charge < -0.3 is 15.5 Å². The highest BCUT2D eigenvalue weighted by molar-refractivity contribution is 9.11. The van der Waals surface area contributed by atoms with E-state index in [1.54, 1.807) is 4.90 Å². The lowest BCUT2D eigenvalue weighted by molar-refractivity contribution is 0.219. The van der Waals surface area contributed by atoms with Gasteiger partial charge in [0.25, 0.3) is 0 Å². The Morgan fingerprint density at radius 1 is 1.41 bits per heavy atom. The van der Waals surface area contributed by atoms with Crippen LogP contribution in [0.1, 0.15) is 0 Å². The number of anilines is 1. The van der Waals surface area contributed by atoms with Crippen molar-refractivity contribution in [1.82, 2.24) is 10.2 Å². The van der Waals surface area contributed by atoms with Gasteiger partial charge in [0.05, 0.1) is 0 Å². The standard InChI is InChI=1S/C11H13Br2N3O/c12-8-1-2-9(13)10(7-8)14-3-5-16-6-4-15-11(16)17/h1-2,7,14H,3-6H2,(H,15,17). The zero-order valence-corrected chi connectivity index (χ0v) is 12.3. The molecule has 0 aromatic heterocycles. The van der Waals surface area contributed by atoms with Gasteiger partial charge in [-0.15, -0.1) is 0 Å². The summed E-state index contributed by atoms with van der Waals surface area (Å²) in [5.74, 6) is 0. The molecule has 0 saturated carbocycles. The molecule has 0 spiro atoms. The number of rotatable bonds is 4. The molecule has 1 saturated heterocycles. The van der Waals surface area contributed by atoms with Crippen LogP contribution in [-0.2, 0) is 0 Å². The fourth-order valence-corrected chi connectivity index (χ4v) is 2.43. The third-order valence-corrected chi connectivity index (χ3v) is 3.76. The molecular weight excluding hydrogens is 350 g/mol. The SMILES string of the molecule is O=C1NCCN1CCNc1cc(Br)ccc1Br. The highest BCUT2D eigenvalue weighted by Crippen LogP contribution is 2.25. The summed E-state index contributed by atoms with van der Waals surface area (Å²) >= 11 is 6.91. The smallest absolute Gasteiger partial charge is 0.317 e. The van der Waals surface area contributed by atoms with Crippen LogP contribution in [0.4, 0.5) is 10.5 Å². The van der Waals surface area contributed by atoms with Crippen molar-refractivity contribution >= 4 is 43.6 Å². The Labute approximate surface area is 117 Å². The molecule has 1 fully saturated rings. The summed E-state index contributed by atoms with van der Waals surface area (Å²) in [5, 5.41) is 6.08. The third-order valence-electron chi connectivity index (χ3n) is 2.57. The summed E-state index contributed by atoms with van der Waals surface area (Å²) in [6, 6.07) is 5.99.